The van der Waals surface area contributed by atoms with Gasteiger partial charge in [0.25, 0.3) is 0 Å². The molecule has 0 atom stereocenters. The third-order valence-corrected chi connectivity index (χ3v) is 4.52. The first-order valence-corrected chi connectivity index (χ1v) is 8.46. The molecule has 10 heteroatoms. The molecule has 1 rings (SSSR count). The lowest BCUT2D eigenvalue weighted by Gasteiger charge is -2.10. The number of nitrogens with one attached hydrogen (secondary N) is 1. The smallest absolute Gasteiger partial charge is 0.322 e. The highest BCUT2D eigenvalue weighted by molar-refractivity contribution is 7.93. The van der Waals surface area contributed by atoms with Crippen LogP contribution >= 0.6 is 0 Å². The van der Waals surface area contributed by atoms with Gasteiger partial charge in [-0.25, -0.2) is 22.0 Å². The van der Waals surface area contributed by atoms with Crippen LogP contribution in [0.3, 0.4) is 0 Å². The number of primary sulfonamides is 1. The average molecular weight is 322 g/mol. The second-order valence-corrected chi connectivity index (χ2v) is 7.21. The molecule has 20 heavy (non-hydrogen) atoms. The van der Waals surface area contributed by atoms with Gasteiger partial charge in [0.1, 0.15) is 0 Å². The summed E-state index contributed by atoms with van der Waals surface area (Å²) in [6.07, 6.45) is 0. The molecule has 0 aliphatic rings. The third kappa shape index (κ3) is 4.47. The van der Waals surface area contributed by atoms with Crippen LogP contribution in [0.1, 0.15) is 5.56 Å². The van der Waals surface area contributed by atoms with E-state index in [1.165, 1.54) is 19.1 Å². The van der Waals surface area contributed by atoms with Crippen molar-refractivity contribution in [1.29, 1.82) is 0 Å². The van der Waals surface area contributed by atoms with Crippen molar-refractivity contribution in [3.63, 3.8) is 0 Å². The first-order chi connectivity index (χ1) is 9.05. The molecule has 0 unspecified atom stereocenters. The summed E-state index contributed by atoms with van der Waals surface area (Å²) in [7, 11) is -6.89. The Morgan fingerprint density at radius 1 is 1.30 bits per heavy atom. The zero-order valence-electron chi connectivity index (χ0n) is 10.8. The van der Waals surface area contributed by atoms with Gasteiger partial charge in [-0.3, -0.25) is 9.52 Å². The molecule has 0 heterocycles. The quantitative estimate of drug-likeness (QED) is 0.706. The van der Waals surface area contributed by atoms with Crippen LogP contribution in [0.2, 0.25) is 0 Å². The lowest BCUT2D eigenvalue weighted by molar-refractivity contribution is -0.137. The maximum absolute atomic E-state index is 11.6. The zero-order valence-corrected chi connectivity index (χ0v) is 12.4. The number of hydrogen-bond donors (Lipinski definition) is 2. The van der Waals surface area contributed by atoms with Gasteiger partial charge in [0.05, 0.1) is 12.0 Å². The van der Waals surface area contributed by atoms with Gasteiger partial charge in [0.2, 0.25) is 20.0 Å². The molecule has 0 bridgehead atoms. The van der Waals surface area contributed by atoms with E-state index in [1.807, 2.05) is 0 Å². The lowest BCUT2D eigenvalue weighted by Crippen LogP contribution is -2.24. The Labute approximate surface area is 117 Å². The van der Waals surface area contributed by atoms with E-state index in [-0.39, 0.29) is 10.6 Å². The third-order valence-electron chi connectivity index (χ3n) is 2.30. The minimum atomic E-state index is -3.98. The SMILES string of the molecule is COC(=O)CS(=O)(=O)Nc1ccc(C)c(S(N)(=O)=O)c1. The van der Waals surface area contributed by atoms with Crippen molar-refractivity contribution in [2.75, 3.05) is 17.6 Å². The van der Waals surface area contributed by atoms with E-state index in [9.17, 15) is 21.6 Å². The molecule has 0 fully saturated rings. The summed E-state index contributed by atoms with van der Waals surface area (Å²) in [5, 5.41) is 5.01. The molecule has 0 saturated heterocycles. The van der Waals surface area contributed by atoms with Gasteiger partial charge in [-0.2, -0.15) is 0 Å². The Bertz CT molecular complexity index is 724. The largest absolute Gasteiger partial charge is 0.468 e. The maximum atomic E-state index is 11.6. The van der Waals surface area contributed by atoms with E-state index in [2.05, 4.69) is 9.46 Å². The highest BCUT2D eigenvalue weighted by atomic mass is 32.2. The molecular weight excluding hydrogens is 308 g/mol. The Balaban J connectivity index is 3.09. The number of nitrogens with two attached hydrogens (primary N) is 1. The van der Waals surface area contributed by atoms with Crippen molar-refractivity contribution in [3.8, 4) is 0 Å². The second kappa shape index (κ2) is 5.77. The summed E-state index contributed by atoms with van der Waals surface area (Å²) in [5.41, 5.74) is 0.368. The summed E-state index contributed by atoms with van der Waals surface area (Å²) in [6, 6.07) is 3.84. The molecule has 0 spiro atoms. The lowest BCUT2D eigenvalue weighted by atomic mass is 10.2. The number of sulfonamides is 2. The Morgan fingerprint density at radius 2 is 1.90 bits per heavy atom. The topological polar surface area (TPSA) is 133 Å². The fourth-order valence-corrected chi connectivity index (χ4v) is 3.19. The summed E-state index contributed by atoms with van der Waals surface area (Å²) in [5.74, 6) is -1.81. The van der Waals surface area contributed by atoms with Gasteiger partial charge in [-0.05, 0) is 24.6 Å². The molecule has 112 valence electrons. The van der Waals surface area contributed by atoms with Crippen LogP contribution in [0.25, 0.3) is 0 Å². The van der Waals surface area contributed by atoms with E-state index >= 15 is 0 Å². The number of esters is 1. The Hall–Kier alpha value is -1.65. The predicted octanol–water partition coefficient (Wildman–Crippen LogP) is -0.443. The van der Waals surface area contributed by atoms with Gasteiger partial charge < -0.3 is 4.74 Å². The van der Waals surface area contributed by atoms with Crippen LogP contribution in [-0.4, -0.2) is 35.7 Å². The van der Waals surface area contributed by atoms with Crippen LogP contribution < -0.4 is 9.86 Å². The number of methoxy groups -OCH3 is 1. The predicted molar refractivity (Wildman–Crippen MR) is 72.0 cm³/mol. The Kier molecular flexibility index (Phi) is 4.73. The number of anilines is 1. The summed E-state index contributed by atoms with van der Waals surface area (Å²) >= 11 is 0. The number of hydrogen-bond acceptors (Lipinski definition) is 6. The van der Waals surface area contributed by atoms with Gasteiger partial charge in [0.15, 0.2) is 5.75 Å². The van der Waals surface area contributed by atoms with Crippen molar-refractivity contribution >= 4 is 31.7 Å². The molecule has 0 radical (unpaired) electrons. The molecule has 0 aromatic heterocycles. The van der Waals surface area contributed by atoms with Crippen LogP contribution in [0.15, 0.2) is 23.1 Å². The molecule has 1 aromatic carbocycles. The molecule has 0 amide bonds. The standard InChI is InChI=1S/C10H14N2O6S2/c1-7-3-4-8(5-9(7)20(11,16)17)12-19(14,15)6-10(13)18-2/h3-5,12H,6H2,1-2H3,(H2,11,16,17). The number of benzene rings is 1. The number of carbonyl (C=O) groups is 1. The second-order valence-electron chi connectivity index (χ2n) is 3.96. The van der Waals surface area contributed by atoms with Gasteiger partial charge in [-0.1, -0.05) is 6.07 Å². The molecule has 0 saturated carbocycles. The molecule has 8 nitrogen and oxygen atoms in total. The Morgan fingerprint density at radius 3 is 2.40 bits per heavy atom. The van der Waals surface area contributed by atoms with E-state index in [1.54, 1.807) is 0 Å². The monoisotopic (exact) mass is 322 g/mol. The van der Waals surface area contributed by atoms with E-state index in [0.717, 1.165) is 13.2 Å². The highest BCUT2D eigenvalue weighted by Crippen LogP contribution is 2.19. The summed E-state index contributed by atoms with van der Waals surface area (Å²) in [4.78, 5) is 10.7. The van der Waals surface area contributed by atoms with E-state index < -0.39 is 31.8 Å². The highest BCUT2D eigenvalue weighted by Gasteiger charge is 2.18. The molecular formula is C10H14N2O6S2. The van der Waals surface area contributed by atoms with Crippen LogP contribution in [0.4, 0.5) is 5.69 Å². The average Bonchev–Trinajstić information content (AvgIpc) is 2.29. The zero-order chi connectivity index (χ0) is 15.6. The van der Waals surface area contributed by atoms with Gasteiger partial charge >= 0.3 is 5.97 Å². The van der Waals surface area contributed by atoms with Crippen molar-refractivity contribution < 1.29 is 26.4 Å². The first kappa shape index (κ1) is 16.4. The molecule has 0 aliphatic carbocycles. The van der Waals surface area contributed by atoms with Crippen molar-refractivity contribution in [1.82, 2.24) is 0 Å². The minimum absolute atomic E-state index is 0.0106. The van der Waals surface area contributed by atoms with Crippen LogP contribution in [-0.2, 0) is 29.6 Å². The number of rotatable bonds is 5. The molecule has 3 N–H and O–H groups in total. The number of ether oxygens (including phenoxy) is 1. The minimum Gasteiger partial charge on any atom is -0.468 e. The summed E-state index contributed by atoms with van der Waals surface area (Å²) < 4.78 is 52.2. The maximum Gasteiger partial charge on any atom is 0.322 e. The fourth-order valence-electron chi connectivity index (χ4n) is 1.40. The van der Waals surface area contributed by atoms with Crippen LogP contribution in [0.5, 0.6) is 0 Å². The fraction of sp³-hybridized carbons (Fsp3) is 0.300. The van der Waals surface area contributed by atoms with Crippen molar-refractivity contribution in [2.45, 2.75) is 11.8 Å². The molecule has 0 aliphatic heterocycles. The first-order valence-electron chi connectivity index (χ1n) is 5.26. The molecule has 1 aromatic rings. The normalized spacial score (nSPS) is 11.9. The van der Waals surface area contributed by atoms with Crippen molar-refractivity contribution in [2.24, 2.45) is 5.14 Å². The van der Waals surface area contributed by atoms with Crippen molar-refractivity contribution in [3.05, 3.63) is 23.8 Å². The van der Waals surface area contributed by atoms with Gasteiger partial charge in [0, 0.05) is 5.69 Å². The van der Waals surface area contributed by atoms with E-state index in [0.29, 0.717) is 5.56 Å². The van der Waals surface area contributed by atoms with Gasteiger partial charge in [-0.15, -0.1) is 0 Å². The number of aryl methyl sites for hydroxylation is 1. The summed E-state index contributed by atoms with van der Waals surface area (Å²) in [6.45, 7) is 1.52. The number of carbonyl (C=O) groups excluding carboxylic acids is 1. The van der Waals surface area contributed by atoms with Crippen LogP contribution in [0, 0.1) is 6.92 Å². The van der Waals surface area contributed by atoms with E-state index in [4.69, 9.17) is 5.14 Å².